The normalized spacial score (nSPS) is 11.0. The van der Waals surface area contributed by atoms with Crippen molar-refractivity contribution in [3.05, 3.63) is 29.3 Å². The summed E-state index contributed by atoms with van der Waals surface area (Å²) >= 11 is 0. The van der Waals surface area contributed by atoms with Gasteiger partial charge in [-0.1, -0.05) is 39.0 Å². The van der Waals surface area contributed by atoms with Gasteiger partial charge in [0, 0.05) is 5.69 Å². The van der Waals surface area contributed by atoms with Crippen LogP contribution < -0.4 is 10.6 Å². The van der Waals surface area contributed by atoms with Crippen LogP contribution in [0.25, 0.3) is 0 Å². The number of nitrogens with one attached hydrogen (secondary N) is 2. The summed E-state index contributed by atoms with van der Waals surface area (Å²) < 4.78 is 0. The van der Waals surface area contributed by atoms with Crippen LogP contribution >= 0.6 is 0 Å². The Balaban J connectivity index is 2.94. The molecule has 21 heavy (non-hydrogen) atoms. The van der Waals surface area contributed by atoms with Crippen molar-refractivity contribution in [1.82, 2.24) is 5.32 Å². The molecule has 0 heterocycles. The third-order valence-electron chi connectivity index (χ3n) is 3.95. The van der Waals surface area contributed by atoms with Gasteiger partial charge in [-0.2, -0.15) is 0 Å². The van der Waals surface area contributed by atoms with Gasteiger partial charge in [0.05, 0.1) is 0 Å². The molecule has 0 aliphatic carbocycles. The molecule has 0 saturated carbocycles. The summed E-state index contributed by atoms with van der Waals surface area (Å²) in [5.74, 6) is -1.01. The first-order valence-electron chi connectivity index (χ1n) is 7.31. The van der Waals surface area contributed by atoms with E-state index in [1.165, 1.54) is 0 Å². The highest BCUT2D eigenvalue weighted by atomic mass is 16.4. The third kappa shape index (κ3) is 3.74. The molecule has 0 aromatic heterocycles. The van der Waals surface area contributed by atoms with E-state index >= 15 is 0 Å². The van der Waals surface area contributed by atoms with Crippen molar-refractivity contribution in [2.24, 2.45) is 0 Å². The summed E-state index contributed by atoms with van der Waals surface area (Å²) in [5.41, 5.74) is 1.51. The Morgan fingerprint density at radius 1 is 1.19 bits per heavy atom. The monoisotopic (exact) mass is 292 g/mol. The fourth-order valence-electron chi connectivity index (χ4n) is 2.35. The summed E-state index contributed by atoms with van der Waals surface area (Å²) in [4.78, 5) is 23.6. The van der Waals surface area contributed by atoms with Gasteiger partial charge in [-0.05, 0) is 37.3 Å². The van der Waals surface area contributed by atoms with Gasteiger partial charge in [0.25, 0.3) is 0 Å². The maximum atomic E-state index is 12.2. The molecule has 0 saturated heterocycles. The first kappa shape index (κ1) is 17.0. The SMILES string of the molecule is CCc1cccc(C)c1NC(=O)NC(CC)(CC)C(=O)O. The standard InChI is InChI=1S/C16H24N2O3/c1-5-12-10-8-9-11(4)13(12)17-15(21)18-16(6-2,7-3)14(19)20/h8-10H,5-7H2,1-4H3,(H,19,20)(H2,17,18,21). The smallest absolute Gasteiger partial charge is 0.329 e. The molecule has 0 bridgehead atoms. The van der Waals surface area contributed by atoms with Gasteiger partial charge < -0.3 is 15.7 Å². The second-order valence-electron chi connectivity index (χ2n) is 5.14. The molecule has 0 unspecified atom stereocenters. The highest BCUT2D eigenvalue weighted by Crippen LogP contribution is 2.22. The molecule has 1 aromatic rings. The average molecular weight is 292 g/mol. The Hall–Kier alpha value is -2.04. The number of benzene rings is 1. The quantitative estimate of drug-likeness (QED) is 0.752. The molecule has 0 spiro atoms. The van der Waals surface area contributed by atoms with E-state index in [9.17, 15) is 14.7 Å². The molecular weight excluding hydrogens is 268 g/mol. The van der Waals surface area contributed by atoms with Crippen molar-refractivity contribution >= 4 is 17.7 Å². The van der Waals surface area contributed by atoms with Gasteiger partial charge in [-0.15, -0.1) is 0 Å². The number of anilines is 1. The van der Waals surface area contributed by atoms with E-state index in [1.807, 2.05) is 32.0 Å². The zero-order valence-corrected chi connectivity index (χ0v) is 13.1. The molecular formula is C16H24N2O3. The number of urea groups is 1. The number of hydrogen-bond acceptors (Lipinski definition) is 2. The highest BCUT2D eigenvalue weighted by molar-refractivity contribution is 5.95. The fraction of sp³-hybridized carbons (Fsp3) is 0.500. The van der Waals surface area contributed by atoms with Crippen LogP contribution in [0, 0.1) is 6.92 Å². The Bertz CT molecular complexity index is 522. The molecule has 2 amide bonds. The van der Waals surface area contributed by atoms with Crippen LogP contribution in [-0.2, 0) is 11.2 Å². The molecule has 0 radical (unpaired) electrons. The number of hydrogen-bond donors (Lipinski definition) is 3. The van der Waals surface area contributed by atoms with Crippen molar-refractivity contribution < 1.29 is 14.7 Å². The minimum Gasteiger partial charge on any atom is -0.480 e. The van der Waals surface area contributed by atoms with E-state index < -0.39 is 17.5 Å². The van der Waals surface area contributed by atoms with Gasteiger partial charge in [0.1, 0.15) is 5.54 Å². The summed E-state index contributed by atoms with van der Waals surface area (Å²) in [6.07, 6.45) is 1.46. The van der Waals surface area contributed by atoms with Crippen LogP contribution in [0.1, 0.15) is 44.7 Å². The predicted molar refractivity (Wildman–Crippen MR) is 83.7 cm³/mol. The van der Waals surface area contributed by atoms with E-state index in [0.717, 1.165) is 23.2 Å². The number of aryl methyl sites for hydroxylation is 2. The zero-order chi connectivity index (χ0) is 16.0. The third-order valence-corrected chi connectivity index (χ3v) is 3.95. The van der Waals surface area contributed by atoms with Crippen molar-refractivity contribution in [1.29, 1.82) is 0 Å². The Morgan fingerprint density at radius 2 is 1.81 bits per heavy atom. The molecule has 0 atom stereocenters. The summed E-state index contributed by atoms with van der Waals surface area (Å²) in [6, 6.07) is 5.33. The Labute approximate surface area is 125 Å². The van der Waals surface area contributed by atoms with E-state index in [0.29, 0.717) is 12.8 Å². The van der Waals surface area contributed by atoms with E-state index in [2.05, 4.69) is 10.6 Å². The molecule has 1 aromatic carbocycles. The van der Waals surface area contributed by atoms with Gasteiger partial charge in [-0.3, -0.25) is 0 Å². The zero-order valence-electron chi connectivity index (χ0n) is 13.1. The number of carbonyl (C=O) groups is 2. The number of amides is 2. The first-order valence-corrected chi connectivity index (χ1v) is 7.31. The second-order valence-corrected chi connectivity index (χ2v) is 5.14. The van der Waals surface area contributed by atoms with Gasteiger partial charge in [-0.25, -0.2) is 9.59 Å². The molecule has 0 fully saturated rings. The van der Waals surface area contributed by atoms with Crippen molar-refractivity contribution in [2.45, 2.75) is 52.5 Å². The van der Waals surface area contributed by atoms with Gasteiger partial charge in [0.2, 0.25) is 0 Å². The van der Waals surface area contributed by atoms with Gasteiger partial charge >= 0.3 is 12.0 Å². The lowest BCUT2D eigenvalue weighted by atomic mass is 9.93. The van der Waals surface area contributed by atoms with E-state index in [-0.39, 0.29) is 0 Å². The van der Waals surface area contributed by atoms with Crippen LogP contribution in [0.3, 0.4) is 0 Å². The molecule has 5 heteroatoms. The minimum atomic E-state index is -1.22. The molecule has 0 aliphatic rings. The summed E-state index contributed by atoms with van der Waals surface area (Å²) in [6.45, 7) is 7.43. The Morgan fingerprint density at radius 3 is 2.29 bits per heavy atom. The summed E-state index contributed by atoms with van der Waals surface area (Å²) in [5, 5.41) is 14.8. The summed E-state index contributed by atoms with van der Waals surface area (Å²) in [7, 11) is 0. The molecule has 3 N–H and O–H groups in total. The largest absolute Gasteiger partial charge is 0.480 e. The average Bonchev–Trinajstić information content (AvgIpc) is 2.46. The molecule has 116 valence electrons. The molecule has 0 aliphatic heterocycles. The number of carbonyl (C=O) groups excluding carboxylic acids is 1. The first-order chi connectivity index (χ1) is 9.90. The van der Waals surface area contributed by atoms with Crippen LogP contribution in [0.15, 0.2) is 18.2 Å². The number of para-hydroxylation sites is 1. The van der Waals surface area contributed by atoms with Crippen LogP contribution in [-0.4, -0.2) is 22.6 Å². The maximum absolute atomic E-state index is 12.2. The molecule has 5 nitrogen and oxygen atoms in total. The number of carboxylic acids is 1. The number of rotatable bonds is 6. The fourth-order valence-corrected chi connectivity index (χ4v) is 2.35. The van der Waals surface area contributed by atoms with E-state index in [1.54, 1.807) is 13.8 Å². The van der Waals surface area contributed by atoms with E-state index in [4.69, 9.17) is 0 Å². The maximum Gasteiger partial charge on any atom is 0.329 e. The minimum absolute atomic E-state index is 0.334. The topological polar surface area (TPSA) is 78.4 Å². The second kappa shape index (κ2) is 7.11. The van der Waals surface area contributed by atoms with Crippen molar-refractivity contribution in [2.75, 3.05) is 5.32 Å². The van der Waals surface area contributed by atoms with Crippen molar-refractivity contribution in [3.8, 4) is 0 Å². The predicted octanol–water partition coefficient (Wildman–Crippen LogP) is 3.32. The van der Waals surface area contributed by atoms with Crippen LogP contribution in [0.4, 0.5) is 10.5 Å². The highest BCUT2D eigenvalue weighted by Gasteiger charge is 2.36. The lowest BCUT2D eigenvalue weighted by Gasteiger charge is -2.28. The van der Waals surface area contributed by atoms with Crippen molar-refractivity contribution in [3.63, 3.8) is 0 Å². The number of aliphatic carboxylic acids is 1. The van der Waals surface area contributed by atoms with Crippen LogP contribution in [0.5, 0.6) is 0 Å². The number of carboxylic acid groups (broad SMARTS) is 1. The van der Waals surface area contributed by atoms with Gasteiger partial charge in [0.15, 0.2) is 0 Å². The van der Waals surface area contributed by atoms with Crippen LogP contribution in [0.2, 0.25) is 0 Å². The Kier molecular flexibility index (Phi) is 5.76. The lowest BCUT2D eigenvalue weighted by molar-refractivity contribution is -0.144. The molecule has 1 rings (SSSR count). The lowest BCUT2D eigenvalue weighted by Crippen LogP contribution is -2.55.